The molecule has 0 saturated carbocycles. The minimum absolute atomic E-state index is 0.284. The van der Waals surface area contributed by atoms with E-state index in [0.717, 1.165) is 16.7 Å². The van der Waals surface area contributed by atoms with E-state index in [4.69, 9.17) is 5.11 Å². The lowest BCUT2D eigenvalue weighted by Gasteiger charge is -2.20. The molecule has 0 aliphatic carbocycles. The SMILES string of the molecule is CC(C[C@@H](C)NC(=O)C(CC(=O)O)Cc1ccc(-c2ccccc2)cc1)C(=O)O. The minimum Gasteiger partial charge on any atom is -0.481 e. The molecule has 6 nitrogen and oxygen atoms in total. The molecule has 2 unspecified atom stereocenters. The molecule has 0 bridgehead atoms. The zero-order valence-corrected chi connectivity index (χ0v) is 16.7. The van der Waals surface area contributed by atoms with Crippen molar-refractivity contribution in [3.05, 3.63) is 60.2 Å². The van der Waals surface area contributed by atoms with Crippen LogP contribution >= 0.6 is 0 Å². The summed E-state index contributed by atoms with van der Waals surface area (Å²) in [7, 11) is 0. The van der Waals surface area contributed by atoms with Gasteiger partial charge in [-0.3, -0.25) is 14.4 Å². The summed E-state index contributed by atoms with van der Waals surface area (Å²) < 4.78 is 0. The van der Waals surface area contributed by atoms with Gasteiger partial charge in [0.2, 0.25) is 5.91 Å². The molecule has 0 fully saturated rings. The van der Waals surface area contributed by atoms with Gasteiger partial charge in [0, 0.05) is 6.04 Å². The van der Waals surface area contributed by atoms with Crippen LogP contribution in [0.1, 0.15) is 32.3 Å². The molecule has 3 atom stereocenters. The third-order valence-electron chi connectivity index (χ3n) is 4.85. The molecule has 0 spiro atoms. The van der Waals surface area contributed by atoms with Gasteiger partial charge < -0.3 is 15.5 Å². The molecular weight excluding hydrogens is 370 g/mol. The normalized spacial score (nSPS) is 13.9. The maximum Gasteiger partial charge on any atom is 0.306 e. The van der Waals surface area contributed by atoms with Gasteiger partial charge in [-0.25, -0.2) is 0 Å². The van der Waals surface area contributed by atoms with Gasteiger partial charge in [-0.15, -0.1) is 0 Å². The molecule has 29 heavy (non-hydrogen) atoms. The highest BCUT2D eigenvalue weighted by atomic mass is 16.4. The predicted molar refractivity (Wildman–Crippen MR) is 110 cm³/mol. The van der Waals surface area contributed by atoms with Crippen molar-refractivity contribution in [2.24, 2.45) is 11.8 Å². The summed E-state index contributed by atoms with van der Waals surface area (Å²) in [6.45, 7) is 3.30. The third kappa shape index (κ3) is 7.07. The van der Waals surface area contributed by atoms with E-state index in [2.05, 4.69) is 5.32 Å². The Kier molecular flexibility index (Phi) is 7.95. The lowest BCUT2D eigenvalue weighted by Crippen LogP contribution is -2.40. The molecule has 0 radical (unpaired) electrons. The molecule has 2 aromatic rings. The summed E-state index contributed by atoms with van der Waals surface area (Å²) in [5, 5.41) is 21.0. The average molecular weight is 397 g/mol. The van der Waals surface area contributed by atoms with E-state index in [1.807, 2.05) is 54.6 Å². The number of rotatable bonds is 10. The van der Waals surface area contributed by atoms with Crippen molar-refractivity contribution in [2.75, 3.05) is 0 Å². The molecule has 1 amide bonds. The fraction of sp³-hybridized carbons (Fsp3) is 0.348. The minimum atomic E-state index is -1.04. The quantitative estimate of drug-likeness (QED) is 0.568. The first-order valence-corrected chi connectivity index (χ1v) is 9.65. The largest absolute Gasteiger partial charge is 0.481 e. The van der Waals surface area contributed by atoms with Crippen molar-refractivity contribution >= 4 is 17.8 Å². The highest BCUT2D eigenvalue weighted by Crippen LogP contribution is 2.21. The molecule has 3 N–H and O–H groups in total. The van der Waals surface area contributed by atoms with Gasteiger partial charge in [-0.2, -0.15) is 0 Å². The van der Waals surface area contributed by atoms with Gasteiger partial charge in [-0.1, -0.05) is 61.5 Å². The molecule has 0 heterocycles. The Labute approximate surface area is 170 Å². The van der Waals surface area contributed by atoms with Crippen molar-refractivity contribution in [1.29, 1.82) is 0 Å². The Morgan fingerprint density at radius 2 is 1.48 bits per heavy atom. The van der Waals surface area contributed by atoms with E-state index in [1.54, 1.807) is 13.8 Å². The monoisotopic (exact) mass is 397 g/mol. The summed E-state index contributed by atoms with van der Waals surface area (Å²) >= 11 is 0. The van der Waals surface area contributed by atoms with Crippen molar-refractivity contribution in [2.45, 2.75) is 39.2 Å². The first-order chi connectivity index (χ1) is 13.8. The average Bonchev–Trinajstić information content (AvgIpc) is 2.68. The third-order valence-corrected chi connectivity index (χ3v) is 4.85. The maximum atomic E-state index is 12.6. The van der Waals surface area contributed by atoms with E-state index in [0.29, 0.717) is 6.42 Å². The zero-order chi connectivity index (χ0) is 21.4. The first-order valence-electron chi connectivity index (χ1n) is 9.65. The molecule has 0 aliphatic rings. The lowest BCUT2D eigenvalue weighted by molar-refractivity contribution is -0.142. The van der Waals surface area contributed by atoms with E-state index in [-0.39, 0.29) is 24.8 Å². The van der Waals surface area contributed by atoms with Crippen LogP contribution in [0.2, 0.25) is 0 Å². The molecule has 0 aliphatic heterocycles. The predicted octanol–water partition coefficient (Wildman–Crippen LogP) is 3.60. The van der Waals surface area contributed by atoms with Gasteiger partial charge in [-0.05, 0) is 36.5 Å². The fourth-order valence-electron chi connectivity index (χ4n) is 3.27. The lowest BCUT2D eigenvalue weighted by atomic mass is 9.93. The molecule has 154 valence electrons. The molecule has 2 aromatic carbocycles. The number of nitrogens with one attached hydrogen (secondary N) is 1. The van der Waals surface area contributed by atoms with Crippen LogP contribution in [0.3, 0.4) is 0 Å². The molecule has 2 rings (SSSR count). The van der Waals surface area contributed by atoms with Crippen LogP contribution in [0.15, 0.2) is 54.6 Å². The number of amides is 1. The summed E-state index contributed by atoms with van der Waals surface area (Å²) in [5.41, 5.74) is 3.00. The number of carbonyl (C=O) groups excluding carboxylic acids is 1. The first kappa shape index (κ1) is 22.1. The molecule has 0 aromatic heterocycles. The van der Waals surface area contributed by atoms with Crippen LogP contribution in [-0.2, 0) is 20.8 Å². The summed E-state index contributed by atoms with van der Waals surface area (Å²) in [6.07, 6.45) is 0.300. The van der Waals surface area contributed by atoms with Crippen LogP contribution in [-0.4, -0.2) is 34.1 Å². The Morgan fingerprint density at radius 3 is 2.03 bits per heavy atom. The van der Waals surface area contributed by atoms with E-state index < -0.39 is 23.8 Å². The summed E-state index contributed by atoms with van der Waals surface area (Å²) in [4.78, 5) is 34.8. The zero-order valence-electron chi connectivity index (χ0n) is 16.7. The number of hydrogen-bond donors (Lipinski definition) is 3. The van der Waals surface area contributed by atoms with Gasteiger partial charge in [0.1, 0.15) is 0 Å². The van der Waals surface area contributed by atoms with Crippen molar-refractivity contribution in [3.63, 3.8) is 0 Å². The topological polar surface area (TPSA) is 104 Å². The van der Waals surface area contributed by atoms with Gasteiger partial charge >= 0.3 is 11.9 Å². The standard InChI is InChI=1S/C23H27NO5/c1-15(23(28)29)12-16(2)24-22(27)20(14-21(25)26)13-17-8-10-19(11-9-17)18-6-4-3-5-7-18/h3-11,15-16,20H,12-14H2,1-2H3,(H,24,27)(H,25,26)(H,28,29)/t15?,16-,20?/m1/s1. The molecular formula is C23H27NO5. The Morgan fingerprint density at radius 1 is 0.897 bits per heavy atom. The van der Waals surface area contributed by atoms with Gasteiger partial charge in [0.15, 0.2) is 0 Å². The molecule has 0 saturated heterocycles. The second-order valence-electron chi connectivity index (χ2n) is 7.45. The highest BCUT2D eigenvalue weighted by Gasteiger charge is 2.24. The van der Waals surface area contributed by atoms with Crippen LogP contribution in [0.25, 0.3) is 11.1 Å². The Balaban J connectivity index is 2.05. The van der Waals surface area contributed by atoms with Crippen LogP contribution in [0, 0.1) is 11.8 Å². The number of aliphatic carboxylic acids is 2. The van der Waals surface area contributed by atoms with Crippen LogP contribution < -0.4 is 5.32 Å². The second kappa shape index (κ2) is 10.4. The maximum absolute atomic E-state index is 12.6. The molecule has 6 heteroatoms. The number of hydrogen-bond acceptors (Lipinski definition) is 3. The van der Waals surface area contributed by atoms with E-state index >= 15 is 0 Å². The van der Waals surface area contributed by atoms with Crippen LogP contribution in [0.4, 0.5) is 0 Å². The smallest absolute Gasteiger partial charge is 0.306 e. The Bertz CT molecular complexity index is 832. The number of carboxylic acids is 2. The van der Waals surface area contributed by atoms with E-state index in [1.165, 1.54) is 0 Å². The number of carbonyl (C=O) groups is 3. The van der Waals surface area contributed by atoms with Crippen LogP contribution in [0.5, 0.6) is 0 Å². The Hall–Kier alpha value is -3.15. The number of benzene rings is 2. The van der Waals surface area contributed by atoms with Gasteiger partial charge in [0.25, 0.3) is 0 Å². The second-order valence-corrected chi connectivity index (χ2v) is 7.45. The van der Waals surface area contributed by atoms with Crippen molar-refractivity contribution in [1.82, 2.24) is 5.32 Å². The van der Waals surface area contributed by atoms with Crippen molar-refractivity contribution in [3.8, 4) is 11.1 Å². The van der Waals surface area contributed by atoms with Gasteiger partial charge in [0.05, 0.1) is 18.3 Å². The summed E-state index contributed by atoms with van der Waals surface area (Å²) in [6, 6.07) is 17.3. The fourth-order valence-corrected chi connectivity index (χ4v) is 3.27. The number of carboxylic acid groups (broad SMARTS) is 2. The van der Waals surface area contributed by atoms with E-state index in [9.17, 15) is 19.5 Å². The summed E-state index contributed by atoms with van der Waals surface area (Å²) in [5.74, 6) is -3.65. The van der Waals surface area contributed by atoms with Crippen molar-refractivity contribution < 1.29 is 24.6 Å². The highest BCUT2D eigenvalue weighted by molar-refractivity contribution is 5.83.